The predicted molar refractivity (Wildman–Crippen MR) is 180 cm³/mol. The van der Waals surface area contributed by atoms with Crippen LogP contribution in [0.1, 0.15) is 35.4 Å². The van der Waals surface area contributed by atoms with Crippen LogP contribution < -0.4 is 16.0 Å². The standard InChI is InChI=1S/C37H38N6O/c1-43(2)23-11-10-22-38-36-39-25-28-24-33(31-15-6-7-16-32(31)35(28)42-36)27-18-20-29(21-19-27)40-37(44)41-34-17-9-8-14-30(34)26-12-4-3-5-13-26/h3-9,12-21,25,33H,10-11,22-24H2,1-2H3,(H,38,39,42)(H2,40,41,44). The van der Waals surface area contributed by atoms with E-state index in [9.17, 15) is 4.79 Å². The molecule has 1 aliphatic carbocycles. The molecule has 6 rings (SSSR count). The number of amides is 2. The molecule has 7 heteroatoms. The first kappa shape index (κ1) is 29.1. The van der Waals surface area contributed by atoms with Gasteiger partial charge in [-0.05, 0) is 80.4 Å². The van der Waals surface area contributed by atoms with Gasteiger partial charge in [0, 0.05) is 35.5 Å². The number of urea groups is 1. The zero-order valence-corrected chi connectivity index (χ0v) is 25.3. The third-order valence-electron chi connectivity index (χ3n) is 8.03. The number of hydrogen-bond acceptors (Lipinski definition) is 5. The predicted octanol–water partition coefficient (Wildman–Crippen LogP) is 7.90. The lowest BCUT2D eigenvalue weighted by molar-refractivity contribution is 0.262. The monoisotopic (exact) mass is 582 g/mol. The first-order valence-electron chi connectivity index (χ1n) is 15.2. The van der Waals surface area contributed by atoms with Crippen LogP contribution in [0.4, 0.5) is 22.1 Å². The molecule has 0 aliphatic heterocycles. The fourth-order valence-corrected chi connectivity index (χ4v) is 5.82. The van der Waals surface area contributed by atoms with Crippen LogP contribution in [-0.2, 0) is 6.42 Å². The molecule has 0 saturated carbocycles. The number of hydrogen-bond donors (Lipinski definition) is 3. The third kappa shape index (κ3) is 6.79. The Kier molecular flexibility index (Phi) is 8.94. The summed E-state index contributed by atoms with van der Waals surface area (Å²) in [6.07, 6.45) is 5.00. The average Bonchev–Trinajstić information content (AvgIpc) is 3.05. The molecule has 1 aliphatic rings. The molecule has 0 bridgehead atoms. The zero-order chi connectivity index (χ0) is 30.3. The van der Waals surface area contributed by atoms with Crippen LogP contribution in [0.5, 0.6) is 0 Å². The maximum absolute atomic E-state index is 13.0. The van der Waals surface area contributed by atoms with Gasteiger partial charge in [0.1, 0.15) is 0 Å². The summed E-state index contributed by atoms with van der Waals surface area (Å²) in [4.78, 5) is 24.7. The van der Waals surface area contributed by atoms with E-state index in [1.165, 1.54) is 11.1 Å². The number of carbonyl (C=O) groups is 1. The van der Waals surface area contributed by atoms with Crippen molar-refractivity contribution in [2.75, 3.05) is 43.1 Å². The maximum atomic E-state index is 13.0. The van der Waals surface area contributed by atoms with E-state index >= 15 is 0 Å². The van der Waals surface area contributed by atoms with Crippen molar-refractivity contribution in [1.82, 2.24) is 14.9 Å². The fourth-order valence-electron chi connectivity index (χ4n) is 5.82. The van der Waals surface area contributed by atoms with E-state index in [4.69, 9.17) is 4.98 Å². The molecular formula is C37H38N6O. The highest BCUT2D eigenvalue weighted by molar-refractivity contribution is 6.02. The number of nitrogens with one attached hydrogen (secondary N) is 3. The number of unbranched alkanes of at least 4 members (excludes halogenated alkanes) is 1. The van der Waals surface area contributed by atoms with Gasteiger partial charge < -0.3 is 20.9 Å². The highest BCUT2D eigenvalue weighted by atomic mass is 16.2. The molecule has 0 spiro atoms. The van der Waals surface area contributed by atoms with Crippen molar-refractivity contribution in [3.8, 4) is 22.4 Å². The Hall–Kier alpha value is -5.01. The minimum atomic E-state index is -0.280. The van der Waals surface area contributed by atoms with Gasteiger partial charge in [-0.3, -0.25) is 0 Å². The summed E-state index contributed by atoms with van der Waals surface area (Å²) in [7, 11) is 4.20. The summed E-state index contributed by atoms with van der Waals surface area (Å²) in [6, 6.07) is 34.2. The molecular weight excluding hydrogens is 544 g/mol. The largest absolute Gasteiger partial charge is 0.354 e. The fraction of sp³-hybridized carbons (Fsp3) is 0.216. The van der Waals surface area contributed by atoms with E-state index in [1.807, 2.05) is 72.9 Å². The molecule has 7 nitrogen and oxygen atoms in total. The number of para-hydroxylation sites is 1. The van der Waals surface area contributed by atoms with E-state index < -0.39 is 0 Å². The summed E-state index contributed by atoms with van der Waals surface area (Å²) < 4.78 is 0. The van der Waals surface area contributed by atoms with Gasteiger partial charge in [-0.25, -0.2) is 14.8 Å². The molecule has 222 valence electrons. The molecule has 5 aromatic rings. The lowest BCUT2D eigenvalue weighted by atomic mass is 9.78. The Bertz CT molecular complexity index is 1720. The molecule has 3 N–H and O–H groups in total. The SMILES string of the molecule is CN(C)CCCCNc1ncc2c(n1)-c1ccccc1C(c1ccc(NC(=O)Nc3ccccc3-c3ccccc3)cc1)C2. The number of aromatic nitrogens is 2. The molecule has 4 aromatic carbocycles. The summed E-state index contributed by atoms with van der Waals surface area (Å²) >= 11 is 0. The Labute approximate surface area is 259 Å². The highest BCUT2D eigenvalue weighted by Crippen LogP contribution is 2.42. The quantitative estimate of drug-likeness (QED) is 0.146. The van der Waals surface area contributed by atoms with E-state index in [-0.39, 0.29) is 11.9 Å². The molecule has 1 unspecified atom stereocenters. The van der Waals surface area contributed by atoms with Gasteiger partial charge in [0.25, 0.3) is 0 Å². The van der Waals surface area contributed by atoms with Crippen LogP contribution in [0, 0.1) is 0 Å². The first-order valence-corrected chi connectivity index (χ1v) is 15.2. The van der Waals surface area contributed by atoms with Crippen molar-refractivity contribution in [2.45, 2.75) is 25.2 Å². The number of nitrogens with zero attached hydrogens (tertiary/aromatic N) is 3. The van der Waals surface area contributed by atoms with Crippen molar-refractivity contribution in [3.05, 3.63) is 126 Å². The van der Waals surface area contributed by atoms with Gasteiger partial charge in [0.2, 0.25) is 5.95 Å². The van der Waals surface area contributed by atoms with Crippen LogP contribution in [0.2, 0.25) is 0 Å². The summed E-state index contributed by atoms with van der Waals surface area (Å²) in [5.74, 6) is 0.856. The number of carbonyl (C=O) groups excluding carboxylic acids is 1. The molecule has 0 radical (unpaired) electrons. The molecule has 0 fully saturated rings. The number of rotatable bonds is 10. The minimum absolute atomic E-state index is 0.174. The van der Waals surface area contributed by atoms with Gasteiger partial charge >= 0.3 is 6.03 Å². The zero-order valence-electron chi connectivity index (χ0n) is 25.3. The van der Waals surface area contributed by atoms with E-state index in [0.717, 1.165) is 71.7 Å². The Morgan fingerprint density at radius 1 is 0.818 bits per heavy atom. The molecule has 2 amide bonds. The smallest absolute Gasteiger partial charge is 0.323 e. The van der Waals surface area contributed by atoms with Gasteiger partial charge in [0.05, 0.1) is 11.4 Å². The van der Waals surface area contributed by atoms with Crippen molar-refractivity contribution < 1.29 is 4.79 Å². The van der Waals surface area contributed by atoms with Gasteiger partial charge in [-0.2, -0.15) is 0 Å². The normalized spacial score (nSPS) is 13.6. The van der Waals surface area contributed by atoms with Crippen LogP contribution in [0.3, 0.4) is 0 Å². The molecule has 44 heavy (non-hydrogen) atoms. The van der Waals surface area contributed by atoms with E-state index in [2.05, 4.69) is 76.3 Å². The molecule has 1 aromatic heterocycles. The first-order chi connectivity index (χ1) is 21.5. The van der Waals surface area contributed by atoms with Crippen LogP contribution in [0.15, 0.2) is 109 Å². The topological polar surface area (TPSA) is 82.2 Å². The van der Waals surface area contributed by atoms with Crippen LogP contribution >= 0.6 is 0 Å². The lowest BCUT2D eigenvalue weighted by Crippen LogP contribution is -2.20. The second-order valence-corrected chi connectivity index (χ2v) is 11.5. The Morgan fingerprint density at radius 2 is 1.55 bits per heavy atom. The van der Waals surface area contributed by atoms with Crippen molar-refractivity contribution >= 4 is 23.4 Å². The number of fused-ring (bicyclic) bond motifs is 3. The molecule has 0 saturated heterocycles. The second-order valence-electron chi connectivity index (χ2n) is 11.5. The minimum Gasteiger partial charge on any atom is -0.354 e. The number of anilines is 3. The van der Waals surface area contributed by atoms with Gasteiger partial charge in [0.15, 0.2) is 0 Å². The summed E-state index contributed by atoms with van der Waals surface area (Å²) in [5.41, 5.74) is 9.26. The van der Waals surface area contributed by atoms with E-state index in [1.54, 1.807) is 0 Å². The van der Waals surface area contributed by atoms with Crippen LogP contribution in [0.25, 0.3) is 22.4 Å². The maximum Gasteiger partial charge on any atom is 0.323 e. The van der Waals surface area contributed by atoms with Gasteiger partial charge in [-0.15, -0.1) is 0 Å². The molecule has 1 atom stereocenters. The second kappa shape index (κ2) is 13.5. The summed E-state index contributed by atoms with van der Waals surface area (Å²) in [6.45, 7) is 1.93. The van der Waals surface area contributed by atoms with E-state index in [0.29, 0.717) is 5.95 Å². The number of benzene rings is 4. The highest BCUT2D eigenvalue weighted by Gasteiger charge is 2.27. The Morgan fingerprint density at radius 3 is 2.34 bits per heavy atom. The third-order valence-corrected chi connectivity index (χ3v) is 8.03. The average molecular weight is 583 g/mol. The van der Waals surface area contributed by atoms with Crippen LogP contribution in [-0.4, -0.2) is 48.1 Å². The summed E-state index contributed by atoms with van der Waals surface area (Å²) in [5, 5.41) is 9.42. The van der Waals surface area contributed by atoms with Crippen molar-refractivity contribution in [1.29, 1.82) is 0 Å². The van der Waals surface area contributed by atoms with Gasteiger partial charge in [-0.1, -0.05) is 84.9 Å². The van der Waals surface area contributed by atoms with Crippen molar-refractivity contribution in [3.63, 3.8) is 0 Å². The lowest BCUT2D eigenvalue weighted by Gasteiger charge is -2.27. The molecule has 1 heterocycles. The Balaban J connectivity index is 1.13. The van der Waals surface area contributed by atoms with Crippen molar-refractivity contribution in [2.24, 2.45) is 0 Å².